The summed E-state index contributed by atoms with van der Waals surface area (Å²) in [4.78, 5) is 22.9. The highest BCUT2D eigenvalue weighted by Gasteiger charge is 2.18. The predicted octanol–water partition coefficient (Wildman–Crippen LogP) is 3.82. The van der Waals surface area contributed by atoms with Crippen molar-refractivity contribution in [2.45, 2.75) is 20.3 Å². The maximum Gasteiger partial charge on any atom is 0.159 e. The third-order valence-electron chi connectivity index (χ3n) is 4.02. The molecule has 2 aromatic rings. The molecule has 2 nitrogen and oxygen atoms in total. The van der Waals surface area contributed by atoms with Gasteiger partial charge in [-0.15, -0.1) is 0 Å². The van der Waals surface area contributed by atoms with Crippen molar-refractivity contribution in [2.75, 3.05) is 0 Å². The van der Waals surface area contributed by atoms with Gasteiger partial charge in [-0.25, -0.2) is 0 Å². The first-order valence-electron chi connectivity index (χ1n) is 6.81. The molecule has 100 valence electrons. The summed E-state index contributed by atoms with van der Waals surface area (Å²) in [7, 11) is 0. The molecule has 0 aliphatic heterocycles. The average Bonchev–Trinajstić information content (AvgIpc) is 2.45. The number of ketones is 2. The fourth-order valence-electron chi connectivity index (χ4n) is 2.79. The molecular weight excluding hydrogens is 248 g/mol. The molecule has 0 saturated heterocycles. The molecule has 1 unspecified atom stereocenters. The normalized spacial score (nSPS) is 17.0. The molecule has 0 heterocycles. The highest BCUT2D eigenvalue weighted by Crippen LogP contribution is 2.30. The van der Waals surface area contributed by atoms with E-state index in [1.54, 1.807) is 13.8 Å². The molecule has 0 spiro atoms. The standard InChI is InChI=1S/C18H16O2/c1-11(19)13-5-7-17-15(9-13)3-4-16-10-14(12(2)20)6-8-18(16)17/h3-9,14H,10H2,1-2H3. The van der Waals surface area contributed by atoms with E-state index in [9.17, 15) is 9.59 Å². The van der Waals surface area contributed by atoms with Gasteiger partial charge in [0.05, 0.1) is 0 Å². The molecule has 3 rings (SSSR count). The molecule has 0 saturated carbocycles. The second-order valence-corrected chi connectivity index (χ2v) is 5.41. The quantitative estimate of drug-likeness (QED) is 0.773. The second kappa shape index (κ2) is 4.71. The summed E-state index contributed by atoms with van der Waals surface area (Å²) in [5.41, 5.74) is 3.12. The largest absolute Gasteiger partial charge is 0.299 e. The molecule has 0 amide bonds. The number of carbonyl (C=O) groups excluding carboxylic acids is 2. The first kappa shape index (κ1) is 12.8. The Morgan fingerprint density at radius 1 is 1.10 bits per heavy atom. The van der Waals surface area contributed by atoms with Gasteiger partial charge in [-0.05, 0) is 48.2 Å². The Labute approximate surface area is 118 Å². The number of hydrogen-bond acceptors (Lipinski definition) is 2. The minimum atomic E-state index is -0.00329. The molecule has 0 bridgehead atoms. The molecule has 0 aromatic heterocycles. The molecule has 2 aromatic carbocycles. The summed E-state index contributed by atoms with van der Waals surface area (Å²) < 4.78 is 0. The van der Waals surface area contributed by atoms with Gasteiger partial charge in [0.15, 0.2) is 5.78 Å². The van der Waals surface area contributed by atoms with Gasteiger partial charge >= 0.3 is 0 Å². The zero-order valence-electron chi connectivity index (χ0n) is 11.6. The van der Waals surface area contributed by atoms with E-state index in [1.807, 2.05) is 36.4 Å². The van der Waals surface area contributed by atoms with Crippen LogP contribution in [0.15, 0.2) is 36.4 Å². The SMILES string of the molecule is CC(=O)c1ccc2c3c(ccc2c1)CC(C(C)=O)C=C3. The highest BCUT2D eigenvalue weighted by atomic mass is 16.1. The zero-order chi connectivity index (χ0) is 14.3. The summed E-state index contributed by atoms with van der Waals surface area (Å²) in [5, 5.41) is 2.22. The van der Waals surface area contributed by atoms with Crippen LogP contribution in [0.4, 0.5) is 0 Å². The lowest BCUT2D eigenvalue weighted by Crippen LogP contribution is -2.14. The van der Waals surface area contributed by atoms with Crippen LogP contribution in [-0.2, 0) is 11.2 Å². The van der Waals surface area contributed by atoms with Crippen molar-refractivity contribution in [1.82, 2.24) is 0 Å². The molecule has 0 N–H and O–H groups in total. The second-order valence-electron chi connectivity index (χ2n) is 5.41. The lowest BCUT2D eigenvalue weighted by atomic mass is 9.85. The number of allylic oxidation sites excluding steroid dienone is 1. The first-order valence-corrected chi connectivity index (χ1v) is 6.81. The van der Waals surface area contributed by atoms with Crippen LogP contribution in [0.3, 0.4) is 0 Å². The van der Waals surface area contributed by atoms with Gasteiger partial charge in [-0.2, -0.15) is 0 Å². The topological polar surface area (TPSA) is 34.1 Å². The van der Waals surface area contributed by atoms with Crippen molar-refractivity contribution in [3.63, 3.8) is 0 Å². The number of Topliss-reactive ketones (excluding diaryl/α,β-unsaturated/α-hetero) is 2. The van der Waals surface area contributed by atoms with Crippen LogP contribution in [-0.4, -0.2) is 11.6 Å². The van der Waals surface area contributed by atoms with Crippen LogP contribution in [0, 0.1) is 5.92 Å². The van der Waals surface area contributed by atoms with Gasteiger partial charge in [0.2, 0.25) is 0 Å². The van der Waals surface area contributed by atoms with Gasteiger partial charge in [0, 0.05) is 11.5 Å². The molecule has 1 atom stereocenters. The Bertz CT molecular complexity index is 753. The van der Waals surface area contributed by atoms with Gasteiger partial charge < -0.3 is 0 Å². The summed E-state index contributed by atoms with van der Waals surface area (Å²) in [6.07, 6.45) is 4.80. The average molecular weight is 264 g/mol. The maximum atomic E-state index is 11.5. The van der Waals surface area contributed by atoms with Crippen LogP contribution in [0.1, 0.15) is 35.3 Å². The van der Waals surface area contributed by atoms with Crippen molar-refractivity contribution < 1.29 is 9.59 Å². The number of benzene rings is 2. The van der Waals surface area contributed by atoms with Gasteiger partial charge in [-0.3, -0.25) is 9.59 Å². The van der Waals surface area contributed by atoms with E-state index < -0.39 is 0 Å². The maximum absolute atomic E-state index is 11.5. The van der Waals surface area contributed by atoms with Gasteiger partial charge in [0.1, 0.15) is 5.78 Å². The Hall–Kier alpha value is -2.22. The molecule has 1 aliphatic rings. The zero-order valence-corrected chi connectivity index (χ0v) is 11.6. The van der Waals surface area contributed by atoms with Gasteiger partial charge in [0.25, 0.3) is 0 Å². The van der Waals surface area contributed by atoms with Crippen LogP contribution in [0.25, 0.3) is 16.8 Å². The van der Waals surface area contributed by atoms with E-state index in [-0.39, 0.29) is 17.5 Å². The Morgan fingerprint density at radius 2 is 1.90 bits per heavy atom. The third-order valence-corrected chi connectivity index (χ3v) is 4.02. The van der Waals surface area contributed by atoms with Crippen LogP contribution >= 0.6 is 0 Å². The fraction of sp³-hybridized carbons (Fsp3) is 0.222. The van der Waals surface area contributed by atoms with E-state index in [0.29, 0.717) is 0 Å². The minimum absolute atomic E-state index is 0.00329. The van der Waals surface area contributed by atoms with E-state index in [2.05, 4.69) is 6.07 Å². The number of hydrogen-bond donors (Lipinski definition) is 0. The molecular formula is C18H16O2. The molecule has 20 heavy (non-hydrogen) atoms. The van der Waals surface area contributed by atoms with E-state index in [0.717, 1.165) is 22.8 Å². The van der Waals surface area contributed by atoms with Crippen LogP contribution < -0.4 is 0 Å². The van der Waals surface area contributed by atoms with E-state index in [1.165, 1.54) is 11.1 Å². The fourth-order valence-corrected chi connectivity index (χ4v) is 2.79. The Morgan fingerprint density at radius 3 is 2.60 bits per heavy atom. The van der Waals surface area contributed by atoms with Crippen molar-refractivity contribution >= 4 is 28.4 Å². The van der Waals surface area contributed by atoms with Crippen molar-refractivity contribution in [3.8, 4) is 0 Å². The van der Waals surface area contributed by atoms with Gasteiger partial charge in [-0.1, -0.05) is 36.4 Å². The smallest absolute Gasteiger partial charge is 0.159 e. The molecule has 0 fully saturated rings. The minimum Gasteiger partial charge on any atom is -0.299 e. The molecule has 1 aliphatic carbocycles. The predicted molar refractivity (Wildman–Crippen MR) is 80.9 cm³/mol. The van der Waals surface area contributed by atoms with Crippen LogP contribution in [0.5, 0.6) is 0 Å². The Balaban J connectivity index is 2.14. The summed E-state index contributed by atoms with van der Waals surface area (Å²) in [5.74, 6) is 0.284. The van der Waals surface area contributed by atoms with E-state index in [4.69, 9.17) is 0 Å². The lowest BCUT2D eigenvalue weighted by molar-refractivity contribution is -0.119. The number of carbonyl (C=O) groups is 2. The summed E-state index contributed by atoms with van der Waals surface area (Å²) >= 11 is 0. The monoisotopic (exact) mass is 264 g/mol. The molecule has 2 heteroatoms. The lowest BCUT2D eigenvalue weighted by Gasteiger charge is -2.19. The summed E-state index contributed by atoms with van der Waals surface area (Å²) in [6.45, 7) is 3.22. The highest BCUT2D eigenvalue weighted by molar-refractivity contribution is 6.01. The Kier molecular flexibility index (Phi) is 3.01. The van der Waals surface area contributed by atoms with Crippen LogP contribution in [0.2, 0.25) is 0 Å². The number of fused-ring (bicyclic) bond motifs is 3. The van der Waals surface area contributed by atoms with Crippen molar-refractivity contribution in [1.29, 1.82) is 0 Å². The van der Waals surface area contributed by atoms with Crippen molar-refractivity contribution in [3.05, 3.63) is 53.1 Å². The summed E-state index contributed by atoms with van der Waals surface area (Å²) in [6, 6.07) is 9.92. The molecule has 0 radical (unpaired) electrons. The van der Waals surface area contributed by atoms with Crippen molar-refractivity contribution in [2.24, 2.45) is 5.92 Å². The first-order chi connectivity index (χ1) is 9.56. The third kappa shape index (κ3) is 2.07. The van der Waals surface area contributed by atoms with E-state index >= 15 is 0 Å². The number of rotatable bonds is 2.